The number of nitrogens with zero attached hydrogens (tertiary/aromatic N) is 3. The van der Waals surface area contributed by atoms with Crippen LogP contribution in [0.1, 0.15) is 38.9 Å². The maximum atomic E-state index is 11.9. The summed E-state index contributed by atoms with van der Waals surface area (Å²) in [5.41, 5.74) is 1.75. The molecule has 0 bridgehead atoms. The van der Waals surface area contributed by atoms with E-state index in [1.165, 1.54) is 12.8 Å². The number of benzene rings is 1. The summed E-state index contributed by atoms with van der Waals surface area (Å²) in [5.74, 6) is 3.13. The van der Waals surface area contributed by atoms with Crippen molar-refractivity contribution in [3.8, 4) is 0 Å². The maximum absolute atomic E-state index is 11.9. The molecular weight excluding hydrogens is 326 g/mol. The lowest BCUT2D eigenvalue weighted by molar-refractivity contribution is -0.116. The molecular formula is C20H27N5O. The lowest BCUT2D eigenvalue weighted by Gasteiger charge is -2.20. The molecule has 26 heavy (non-hydrogen) atoms. The van der Waals surface area contributed by atoms with Crippen LogP contribution in [0.5, 0.6) is 0 Å². The Morgan fingerprint density at radius 3 is 2.38 bits per heavy atom. The van der Waals surface area contributed by atoms with Crippen molar-refractivity contribution < 1.29 is 4.79 Å². The van der Waals surface area contributed by atoms with Gasteiger partial charge in [-0.25, -0.2) is 9.97 Å². The SMILES string of the molecule is CCN(CC)c1cc(Nc2ccc(NC(=O)CC3CC3)cc2)nc(C)n1. The average molecular weight is 353 g/mol. The quantitative estimate of drug-likeness (QED) is 0.747. The molecule has 0 aliphatic heterocycles. The number of amides is 1. The maximum Gasteiger partial charge on any atom is 0.224 e. The molecule has 0 unspecified atom stereocenters. The molecule has 1 aromatic heterocycles. The zero-order valence-electron chi connectivity index (χ0n) is 15.7. The summed E-state index contributed by atoms with van der Waals surface area (Å²) in [4.78, 5) is 23.1. The van der Waals surface area contributed by atoms with Gasteiger partial charge in [0.05, 0.1) is 0 Å². The molecule has 3 rings (SSSR count). The Morgan fingerprint density at radius 2 is 1.77 bits per heavy atom. The summed E-state index contributed by atoms with van der Waals surface area (Å²) in [6.07, 6.45) is 3.00. The first kappa shape index (κ1) is 18.2. The van der Waals surface area contributed by atoms with Crippen molar-refractivity contribution in [2.75, 3.05) is 28.6 Å². The topological polar surface area (TPSA) is 70.2 Å². The molecule has 6 nitrogen and oxygen atoms in total. The van der Waals surface area contributed by atoms with Gasteiger partial charge in [-0.1, -0.05) is 0 Å². The van der Waals surface area contributed by atoms with Gasteiger partial charge in [0.2, 0.25) is 5.91 Å². The highest BCUT2D eigenvalue weighted by Crippen LogP contribution is 2.32. The second kappa shape index (κ2) is 8.17. The van der Waals surface area contributed by atoms with Gasteiger partial charge in [0, 0.05) is 37.0 Å². The average Bonchev–Trinajstić information content (AvgIpc) is 3.41. The first-order chi connectivity index (χ1) is 12.6. The summed E-state index contributed by atoms with van der Waals surface area (Å²) in [6, 6.07) is 9.67. The van der Waals surface area contributed by atoms with Crippen molar-refractivity contribution in [1.29, 1.82) is 0 Å². The molecule has 1 aliphatic rings. The summed E-state index contributed by atoms with van der Waals surface area (Å²) < 4.78 is 0. The van der Waals surface area contributed by atoms with Crippen LogP contribution in [0.2, 0.25) is 0 Å². The van der Waals surface area contributed by atoms with Crippen LogP contribution in [-0.4, -0.2) is 29.0 Å². The molecule has 0 saturated heterocycles. The highest BCUT2D eigenvalue weighted by atomic mass is 16.1. The van der Waals surface area contributed by atoms with Gasteiger partial charge in [0.25, 0.3) is 0 Å². The van der Waals surface area contributed by atoms with E-state index in [-0.39, 0.29) is 5.91 Å². The molecule has 138 valence electrons. The number of carbonyl (C=O) groups is 1. The Hall–Kier alpha value is -2.63. The van der Waals surface area contributed by atoms with Crippen molar-refractivity contribution in [1.82, 2.24) is 9.97 Å². The summed E-state index contributed by atoms with van der Waals surface area (Å²) in [5, 5.41) is 6.27. The smallest absolute Gasteiger partial charge is 0.224 e. The number of aromatic nitrogens is 2. The summed E-state index contributed by atoms with van der Waals surface area (Å²) in [6.45, 7) is 7.94. The van der Waals surface area contributed by atoms with Gasteiger partial charge in [0.1, 0.15) is 17.5 Å². The Bertz CT molecular complexity index is 751. The van der Waals surface area contributed by atoms with Crippen LogP contribution in [0.15, 0.2) is 30.3 Å². The zero-order valence-corrected chi connectivity index (χ0v) is 15.7. The Kier molecular flexibility index (Phi) is 5.71. The van der Waals surface area contributed by atoms with Gasteiger partial charge in [-0.2, -0.15) is 0 Å². The number of carbonyl (C=O) groups excluding carboxylic acids is 1. The van der Waals surface area contributed by atoms with Crippen molar-refractivity contribution in [3.05, 3.63) is 36.2 Å². The van der Waals surface area contributed by atoms with E-state index in [0.717, 1.165) is 41.9 Å². The number of hydrogen-bond donors (Lipinski definition) is 2. The Labute approximate surface area is 155 Å². The van der Waals surface area contributed by atoms with E-state index < -0.39 is 0 Å². The lowest BCUT2D eigenvalue weighted by Crippen LogP contribution is -2.23. The van der Waals surface area contributed by atoms with E-state index in [1.807, 2.05) is 37.3 Å². The minimum absolute atomic E-state index is 0.100. The molecule has 1 amide bonds. The molecule has 0 radical (unpaired) electrons. The second-order valence-electron chi connectivity index (χ2n) is 6.73. The highest BCUT2D eigenvalue weighted by Gasteiger charge is 2.24. The first-order valence-corrected chi connectivity index (χ1v) is 9.35. The molecule has 2 aromatic rings. The predicted octanol–water partition coefficient (Wildman–Crippen LogP) is 4.11. The number of hydrogen-bond acceptors (Lipinski definition) is 5. The predicted molar refractivity (Wildman–Crippen MR) is 106 cm³/mol. The third-order valence-electron chi connectivity index (χ3n) is 4.52. The molecule has 0 atom stereocenters. The van der Waals surface area contributed by atoms with Gasteiger partial charge < -0.3 is 15.5 Å². The van der Waals surface area contributed by atoms with Crippen molar-refractivity contribution in [2.45, 2.75) is 40.0 Å². The van der Waals surface area contributed by atoms with Gasteiger partial charge in [-0.15, -0.1) is 0 Å². The fourth-order valence-corrected chi connectivity index (χ4v) is 2.91. The van der Waals surface area contributed by atoms with Crippen LogP contribution < -0.4 is 15.5 Å². The fraction of sp³-hybridized carbons (Fsp3) is 0.450. The second-order valence-corrected chi connectivity index (χ2v) is 6.73. The van der Waals surface area contributed by atoms with E-state index in [2.05, 4.69) is 39.3 Å². The fourth-order valence-electron chi connectivity index (χ4n) is 2.91. The third kappa shape index (κ3) is 4.94. The first-order valence-electron chi connectivity index (χ1n) is 9.35. The normalized spacial score (nSPS) is 13.3. The molecule has 1 heterocycles. The van der Waals surface area contributed by atoms with Crippen molar-refractivity contribution in [2.24, 2.45) is 5.92 Å². The van der Waals surface area contributed by atoms with Crippen molar-refractivity contribution >= 4 is 28.9 Å². The van der Waals surface area contributed by atoms with E-state index in [0.29, 0.717) is 12.3 Å². The number of aryl methyl sites for hydroxylation is 1. The summed E-state index contributed by atoms with van der Waals surface area (Å²) >= 11 is 0. The zero-order chi connectivity index (χ0) is 18.5. The number of rotatable bonds is 8. The number of nitrogens with one attached hydrogen (secondary N) is 2. The molecule has 1 aromatic carbocycles. The monoisotopic (exact) mass is 353 g/mol. The molecule has 1 fully saturated rings. The largest absolute Gasteiger partial charge is 0.357 e. The Balaban J connectivity index is 1.65. The van der Waals surface area contributed by atoms with Crippen LogP contribution in [0.25, 0.3) is 0 Å². The lowest BCUT2D eigenvalue weighted by atomic mass is 10.2. The van der Waals surface area contributed by atoms with E-state index >= 15 is 0 Å². The molecule has 1 aliphatic carbocycles. The van der Waals surface area contributed by atoms with E-state index in [9.17, 15) is 4.79 Å². The van der Waals surface area contributed by atoms with Crippen LogP contribution in [-0.2, 0) is 4.79 Å². The Morgan fingerprint density at radius 1 is 1.12 bits per heavy atom. The summed E-state index contributed by atoms with van der Waals surface area (Å²) in [7, 11) is 0. The molecule has 1 saturated carbocycles. The van der Waals surface area contributed by atoms with Crippen LogP contribution in [0, 0.1) is 12.8 Å². The molecule has 0 spiro atoms. The van der Waals surface area contributed by atoms with Crippen LogP contribution in [0.3, 0.4) is 0 Å². The standard InChI is InChI=1S/C20H27N5O/c1-4-25(5-2)19-13-18(21-14(3)22-19)23-16-8-10-17(11-9-16)24-20(26)12-15-6-7-15/h8-11,13,15H,4-7,12H2,1-3H3,(H,24,26)(H,21,22,23). The minimum atomic E-state index is 0.100. The molecule has 6 heteroatoms. The van der Waals surface area contributed by atoms with Crippen LogP contribution in [0.4, 0.5) is 23.0 Å². The van der Waals surface area contributed by atoms with E-state index in [1.54, 1.807) is 0 Å². The van der Waals surface area contributed by atoms with Gasteiger partial charge in [0.15, 0.2) is 0 Å². The van der Waals surface area contributed by atoms with Crippen molar-refractivity contribution in [3.63, 3.8) is 0 Å². The van der Waals surface area contributed by atoms with Crippen LogP contribution >= 0.6 is 0 Å². The third-order valence-corrected chi connectivity index (χ3v) is 4.52. The van der Waals surface area contributed by atoms with Gasteiger partial charge in [-0.05, 0) is 63.8 Å². The van der Waals surface area contributed by atoms with Gasteiger partial charge in [-0.3, -0.25) is 4.79 Å². The van der Waals surface area contributed by atoms with Gasteiger partial charge >= 0.3 is 0 Å². The minimum Gasteiger partial charge on any atom is -0.357 e. The highest BCUT2D eigenvalue weighted by molar-refractivity contribution is 5.91. The number of anilines is 4. The molecule has 2 N–H and O–H groups in total. The van der Waals surface area contributed by atoms with E-state index in [4.69, 9.17) is 0 Å².